The second kappa shape index (κ2) is 10.6. The van der Waals surface area contributed by atoms with Gasteiger partial charge in [0.2, 0.25) is 0 Å². The minimum absolute atomic E-state index is 0.348. The smallest absolute Gasteiger partial charge is 0.137 e. The monoisotopic (exact) mass is 278 g/mol. The van der Waals surface area contributed by atoms with Gasteiger partial charge in [0, 0.05) is 26.1 Å². The maximum Gasteiger partial charge on any atom is 0.137 e. The number of carbonyl (C=O) groups excluding carboxylic acids is 1. The summed E-state index contributed by atoms with van der Waals surface area (Å²) in [6.45, 7) is 2.25. The van der Waals surface area contributed by atoms with Gasteiger partial charge < -0.3 is 0 Å². The van der Waals surface area contributed by atoms with Crippen molar-refractivity contribution < 1.29 is 4.79 Å². The SMILES string of the molecule is CCCCCCCCCCCC(=O)Cc1cnn(C)c1. The normalized spacial score (nSPS) is 10.9. The molecule has 1 heterocycles. The Balaban J connectivity index is 1.92. The van der Waals surface area contributed by atoms with Gasteiger partial charge in [-0.2, -0.15) is 5.10 Å². The first kappa shape index (κ1) is 16.9. The third-order valence-corrected chi connectivity index (χ3v) is 3.72. The van der Waals surface area contributed by atoms with E-state index >= 15 is 0 Å². The highest BCUT2D eigenvalue weighted by Gasteiger charge is 2.05. The Morgan fingerprint density at radius 2 is 1.65 bits per heavy atom. The summed E-state index contributed by atoms with van der Waals surface area (Å²) in [6.07, 6.45) is 16.7. The first-order valence-electron chi connectivity index (χ1n) is 8.21. The van der Waals surface area contributed by atoms with Crippen LogP contribution in [0.2, 0.25) is 0 Å². The van der Waals surface area contributed by atoms with Gasteiger partial charge in [0.25, 0.3) is 0 Å². The minimum atomic E-state index is 0.348. The minimum Gasteiger partial charge on any atom is -0.299 e. The summed E-state index contributed by atoms with van der Waals surface area (Å²) in [7, 11) is 1.88. The van der Waals surface area contributed by atoms with Crippen molar-refractivity contribution in [2.45, 2.75) is 77.6 Å². The van der Waals surface area contributed by atoms with Gasteiger partial charge in [0.05, 0.1) is 6.20 Å². The van der Waals surface area contributed by atoms with Crippen molar-refractivity contribution in [3.8, 4) is 0 Å². The Morgan fingerprint density at radius 1 is 1.05 bits per heavy atom. The molecule has 0 spiro atoms. The zero-order chi connectivity index (χ0) is 14.6. The molecule has 0 saturated carbocycles. The molecule has 1 rings (SSSR count). The predicted octanol–water partition coefficient (Wildman–Crippen LogP) is 4.45. The molecule has 0 aliphatic rings. The third-order valence-electron chi connectivity index (χ3n) is 3.72. The van der Waals surface area contributed by atoms with E-state index in [9.17, 15) is 4.79 Å². The van der Waals surface area contributed by atoms with Gasteiger partial charge in [0.15, 0.2) is 0 Å². The first-order chi connectivity index (χ1) is 9.72. The molecule has 20 heavy (non-hydrogen) atoms. The highest BCUT2D eigenvalue weighted by atomic mass is 16.1. The second-order valence-electron chi connectivity index (χ2n) is 5.82. The second-order valence-corrected chi connectivity index (χ2v) is 5.82. The summed E-state index contributed by atoms with van der Waals surface area (Å²) in [5.41, 5.74) is 1.04. The van der Waals surface area contributed by atoms with Crippen molar-refractivity contribution in [3.05, 3.63) is 18.0 Å². The van der Waals surface area contributed by atoms with E-state index in [1.807, 2.05) is 13.2 Å². The maximum atomic E-state index is 11.8. The lowest BCUT2D eigenvalue weighted by Crippen LogP contribution is -2.01. The van der Waals surface area contributed by atoms with Gasteiger partial charge in [0.1, 0.15) is 5.78 Å². The van der Waals surface area contributed by atoms with Crippen LogP contribution in [-0.2, 0) is 18.3 Å². The van der Waals surface area contributed by atoms with E-state index in [1.165, 1.54) is 51.4 Å². The molecular weight excluding hydrogens is 248 g/mol. The van der Waals surface area contributed by atoms with Crippen LogP contribution in [0.5, 0.6) is 0 Å². The van der Waals surface area contributed by atoms with Crippen molar-refractivity contribution in [2.75, 3.05) is 0 Å². The van der Waals surface area contributed by atoms with E-state index in [0.717, 1.165) is 18.4 Å². The number of aryl methyl sites for hydroxylation is 1. The van der Waals surface area contributed by atoms with E-state index in [2.05, 4.69) is 12.0 Å². The van der Waals surface area contributed by atoms with Crippen molar-refractivity contribution in [1.29, 1.82) is 0 Å². The molecular formula is C17H30N2O. The quantitative estimate of drug-likeness (QED) is 0.529. The van der Waals surface area contributed by atoms with Crippen molar-refractivity contribution in [3.63, 3.8) is 0 Å². The van der Waals surface area contributed by atoms with Crippen LogP contribution >= 0.6 is 0 Å². The van der Waals surface area contributed by atoms with E-state index < -0.39 is 0 Å². The number of unbranched alkanes of at least 4 members (excludes halogenated alkanes) is 8. The fourth-order valence-corrected chi connectivity index (χ4v) is 2.51. The van der Waals surface area contributed by atoms with Crippen molar-refractivity contribution >= 4 is 5.78 Å². The maximum absolute atomic E-state index is 11.8. The average molecular weight is 278 g/mol. The van der Waals surface area contributed by atoms with Gasteiger partial charge in [-0.05, 0) is 12.0 Å². The van der Waals surface area contributed by atoms with Gasteiger partial charge in [-0.3, -0.25) is 9.48 Å². The molecule has 0 aliphatic carbocycles. The highest BCUT2D eigenvalue weighted by Crippen LogP contribution is 2.11. The molecule has 0 aromatic carbocycles. The molecule has 0 unspecified atom stereocenters. The summed E-state index contributed by atoms with van der Waals surface area (Å²) < 4.78 is 1.75. The summed E-state index contributed by atoms with van der Waals surface area (Å²) in [4.78, 5) is 11.8. The molecule has 0 radical (unpaired) electrons. The van der Waals surface area contributed by atoms with Crippen molar-refractivity contribution in [2.24, 2.45) is 7.05 Å². The van der Waals surface area contributed by atoms with E-state index in [1.54, 1.807) is 10.9 Å². The topological polar surface area (TPSA) is 34.9 Å². The molecule has 1 aromatic heterocycles. The molecule has 0 fully saturated rings. The number of hydrogen-bond acceptors (Lipinski definition) is 2. The zero-order valence-corrected chi connectivity index (χ0v) is 13.2. The fourth-order valence-electron chi connectivity index (χ4n) is 2.51. The Hall–Kier alpha value is -1.12. The van der Waals surface area contributed by atoms with Crippen LogP contribution in [0.1, 0.15) is 76.7 Å². The van der Waals surface area contributed by atoms with Crippen LogP contribution in [0.3, 0.4) is 0 Å². The van der Waals surface area contributed by atoms with Crippen LogP contribution in [-0.4, -0.2) is 15.6 Å². The van der Waals surface area contributed by atoms with Crippen LogP contribution in [0.4, 0.5) is 0 Å². The lowest BCUT2D eigenvalue weighted by Gasteiger charge is -2.02. The zero-order valence-electron chi connectivity index (χ0n) is 13.2. The van der Waals surface area contributed by atoms with Crippen LogP contribution in [0.25, 0.3) is 0 Å². The number of carbonyl (C=O) groups is 1. The van der Waals surface area contributed by atoms with Gasteiger partial charge in [-0.1, -0.05) is 58.3 Å². The standard InChI is InChI=1S/C17H30N2O/c1-3-4-5-6-7-8-9-10-11-12-17(20)13-16-14-18-19(2)15-16/h14-15H,3-13H2,1-2H3. The molecule has 0 bridgehead atoms. The van der Waals surface area contributed by atoms with Gasteiger partial charge >= 0.3 is 0 Å². The molecule has 114 valence electrons. The number of hydrogen-bond donors (Lipinski definition) is 0. The molecule has 0 aliphatic heterocycles. The van der Waals surface area contributed by atoms with E-state index in [0.29, 0.717) is 12.2 Å². The molecule has 0 saturated heterocycles. The molecule has 3 heteroatoms. The fraction of sp³-hybridized carbons (Fsp3) is 0.765. The third kappa shape index (κ3) is 8.13. The largest absolute Gasteiger partial charge is 0.299 e. The van der Waals surface area contributed by atoms with Crippen LogP contribution in [0, 0.1) is 0 Å². The summed E-state index contributed by atoms with van der Waals surface area (Å²) in [5, 5.41) is 4.09. The predicted molar refractivity (Wildman–Crippen MR) is 83.8 cm³/mol. The molecule has 0 N–H and O–H groups in total. The number of rotatable bonds is 12. The van der Waals surface area contributed by atoms with E-state index in [-0.39, 0.29) is 0 Å². The summed E-state index contributed by atoms with van der Waals surface area (Å²) in [6, 6.07) is 0. The average Bonchev–Trinajstić information content (AvgIpc) is 2.82. The molecule has 0 atom stereocenters. The first-order valence-corrected chi connectivity index (χ1v) is 8.21. The lowest BCUT2D eigenvalue weighted by atomic mass is 10.0. The molecule has 0 amide bonds. The summed E-state index contributed by atoms with van der Waals surface area (Å²) in [5.74, 6) is 0.348. The number of Topliss-reactive ketones (excluding diaryl/α,β-unsaturated/α-hetero) is 1. The number of nitrogens with zero attached hydrogens (tertiary/aromatic N) is 2. The highest BCUT2D eigenvalue weighted by molar-refractivity contribution is 5.80. The van der Waals surface area contributed by atoms with Gasteiger partial charge in [-0.15, -0.1) is 0 Å². The Kier molecular flexibility index (Phi) is 9.01. The number of aromatic nitrogens is 2. The molecule has 1 aromatic rings. The number of ketones is 1. The Labute approximate surface area is 123 Å². The van der Waals surface area contributed by atoms with Gasteiger partial charge in [-0.25, -0.2) is 0 Å². The Morgan fingerprint density at radius 3 is 2.20 bits per heavy atom. The Bertz CT molecular complexity index is 371. The van der Waals surface area contributed by atoms with Crippen molar-refractivity contribution in [1.82, 2.24) is 9.78 Å². The van der Waals surface area contributed by atoms with Crippen LogP contribution in [0.15, 0.2) is 12.4 Å². The summed E-state index contributed by atoms with van der Waals surface area (Å²) >= 11 is 0. The van der Waals surface area contributed by atoms with Crippen LogP contribution < -0.4 is 0 Å². The molecule has 3 nitrogen and oxygen atoms in total. The lowest BCUT2D eigenvalue weighted by molar-refractivity contribution is -0.118. The van der Waals surface area contributed by atoms with E-state index in [4.69, 9.17) is 0 Å².